The fourth-order valence-corrected chi connectivity index (χ4v) is 1.02. The van der Waals surface area contributed by atoms with E-state index in [2.05, 4.69) is 10.6 Å². The minimum Gasteiger partial charge on any atom is -0.358 e. The van der Waals surface area contributed by atoms with Crippen LogP contribution in [0.2, 0.25) is 0 Å². The molecule has 1 unspecified atom stereocenters. The number of ether oxygens (including phenoxy) is 1. The molecule has 1 aliphatic rings. The van der Waals surface area contributed by atoms with Gasteiger partial charge in [-0.25, -0.2) is 4.79 Å². The average molecular weight is 172 g/mol. The molecule has 1 aliphatic heterocycles. The number of amides is 2. The van der Waals surface area contributed by atoms with Crippen LogP contribution in [0.15, 0.2) is 0 Å². The highest BCUT2D eigenvalue weighted by Crippen LogP contribution is 2.08. The average Bonchev–Trinajstić information content (AvgIpc) is 2.53. The van der Waals surface area contributed by atoms with Crippen molar-refractivity contribution in [2.75, 3.05) is 13.2 Å². The van der Waals surface area contributed by atoms with Crippen molar-refractivity contribution < 1.29 is 14.3 Å². The SMILES string of the molecule is O=CCNC(=O)NC1CCCO1. The van der Waals surface area contributed by atoms with Gasteiger partial charge in [0.15, 0.2) is 0 Å². The van der Waals surface area contributed by atoms with E-state index in [-0.39, 0.29) is 18.8 Å². The first kappa shape index (κ1) is 8.99. The van der Waals surface area contributed by atoms with Crippen LogP contribution in [0.5, 0.6) is 0 Å². The molecule has 2 amide bonds. The molecule has 1 heterocycles. The Morgan fingerprint density at radius 3 is 3.08 bits per heavy atom. The fraction of sp³-hybridized carbons (Fsp3) is 0.714. The quantitative estimate of drug-likeness (QED) is 0.570. The minimum absolute atomic E-state index is 0.0402. The van der Waals surface area contributed by atoms with Gasteiger partial charge in [0.05, 0.1) is 6.54 Å². The summed E-state index contributed by atoms with van der Waals surface area (Å²) in [4.78, 5) is 20.8. The summed E-state index contributed by atoms with van der Waals surface area (Å²) in [5, 5.41) is 4.94. The Morgan fingerprint density at radius 2 is 2.50 bits per heavy atom. The van der Waals surface area contributed by atoms with Crippen molar-refractivity contribution in [2.45, 2.75) is 19.1 Å². The normalized spacial score (nSPS) is 21.8. The van der Waals surface area contributed by atoms with Gasteiger partial charge in [0, 0.05) is 6.61 Å². The van der Waals surface area contributed by atoms with Gasteiger partial charge >= 0.3 is 6.03 Å². The van der Waals surface area contributed by atoms with Crippen molar-refractivity contribution in [1.82, 2.24) is 10.6 Å². The third kappa shape index (κ3) is 2.87. The van der Waals surface area contributed by atoms with E-state index in [1.807, 2.05) is 0 Å². The first-order valence-corrected chi connectivity index (χ1v) is 3.92. The Kier molecular flexibility index (Phi) is 3.53. The van der Waals surface area contributed by atoms with Gasteiger partial charge in [-0.05, 0) is 12.8 Å². The van der Waals surface area contributed by atoms with Crippen LogP contribution in [0.1, 0.15) is 12.8 Å². The summed E-state index contributed by atoms with van der Waals surface area (Å²) in [6.45, 7) is 0.733. The third-order valence-corrected chi connectivity index (χ3v) is 1.57. The molecular weight excluding hydrogens is 160 g/mol. The lowest BCUT2D eigenvalue weighted by atomic mass is 10.3. The van der Waals surface area contributed by atoms with E-state index in [4.69, 9.17) is 4.74 Å². The lowest BCUT2D eigenvalue weighted by Gasteiger charge is -2.11. The number of carbonyl (C=O) groups excluding carboxylic acids is 2. The Labute approximate surface area is 70.5 Å². The van der Waals surface area contributed by atoms with Gasteiger partial charge in [-0.1, -0.05) is 0 Å². The smallest absolute Gasteiger partial charge is 0.317 e. The lowest BCUT2D eigenvalue weighted by Crippen LogP contribution is -2.42. The summed E-state index contributed by atoms with van der Waals surface area (Å²) in [6, 6.07) is -0.353. The van der Waals surface area contributed by atoms with E-state index in [0.29, 0.717) is 12.9 Å². The van der Waals surface area contributed by atoms with Crippen molar-refractivity contribution in [2.24, 2.45) is 0 Å². The fourth-order valence-electron chi connectivity index (χ4n) is 1.02. The number of hydrogen-bond donors (Lipinski definition) is 2. The molecule has 1 fully saturated rings. The zero-order chi connectivity index (χ0) is 8.81. The minimum atomic E-state index is -0.353. The molecule has 0 aromatic heterocycles. The molecule has 68 valence electrons. The molecule has 2 N–H and O–H groups in total. The summed E-state index contributed by atoms with van der Waals surface area (Å²) in [5.41, 5.74) is 0. The van der Waals surface area contributed by atoms with Gasteiger partial charge in [0.1, 0.15) is 12.5 Å². The standard InChI is InChI=1S/C7H12N2O3/c10-4-3-8-7(11)9-6-2-1-5-12-6/h4,6H,1-3,5H2,(H2,8,9,11). The topological polar surface area (TPSA) is 67.4 Å². The molecule has 0 radical (unpaired) electrons. The van der Waals surface area contributed by atoms with Crippen molar-refractivity contribution in [3.63, 3.8) is 0 Å². The molecule has 12 heavy (non-hydrogen) atoms. The van der Waals surface area contributed by atoms with Gasteiger partial charge in [-0.3, -0.25) is 0 Å². The number of urea groups is 1. The summed E-state index contributed by atoms with van der Waals surface area (Å²) >= 11 is 0. The molecule has 5 heteroatoms. The highest BCUT2D eigenvalue weighted by Gasteiger charge is 2.16. The van der Waals surface area contributed by atoms with Crippen molar-refractivity contribution in [1.29, 1.82) is 0 Å². The van der Waals surface area contributed by atoms with Crippen LogP contribution >= 0.6 is 0 Å². The maximum absolute atomic E-state index is 10.9. The molecule has 0 spiro atoms. The Hall–Kier alpha value is -1.10. The number of hydrogen-bond acceptors (Lipinski definition) is 3. The second-order valence-electron chi connectivity index (χ2n) is 2.52. The van der Waals surface area contributed by atoms with Crippen LogP contribution in [0, 0.1) is 0 Å². The summed E-state index contributed by atoms with van der Waals surface area (Å²) in [5.74, 6) is 0. The van der Waals surface area contributed by atoms with Crippen LogP contribution in [0.4, 0.5) is 4.79 Å². The van der Waals surface area contributed by atoms with Crippen LogP contribution in [0.3, 0.4) is 0 Å². The highest BCUT2D eigenvalue weighted by molar-refractivity contribution is 5.76. The van der Waals surface area contributed by atoms with Crippen LogP contribution in [-0.4, -0.2) is 31.7 Å². The van der Waals surface area contributed by atoms with Gasteiger partial charge in [-0.2, -0.15) is 0 Å². The lowest BCUT2D eigenvalue weighted by molar-refractivity contribution is -0.107. The molecule has 5 nitrogen and oxygen atoms in total. The van der Waals surface area contributed by atoms with Gasteiger partial charge < -0.3 is 20.2 Å². The van der Waals surface area contributed by atoms with Gasteiger partial charge in [0.2, 0.25) is 0 Å². The Balaban J connectivity index is 2.11. The highest BCUT2D eigenvalue weighted by atomic mass is 16.5. The second kappa shape index (κ2) is 4.71. The zero-order valence-corrected chi connectivity index (χ0v) is 6.71. The molecule has 0 aliphatic carbocycles. The number of aldehydes is 1. The van der Waals surface area contributed by atoms with E-state index >= 15 is 0 Å². The van der Waals surface area contributed by atoms with Crippen LogP contribution < -0.4 is 10.6 Å². The number of carbonyl (C=O) groups is 2. The Morgan fingerprint density at radius 1 is 1.67 bits per heavy atom. The largest absolute Gasteiger partial charge is 0.358 e. The predicted molar refractivity (Wildman–Crippen MR) is 41.6 cm³/mol. The maximum Gasteiger partial charge on any atom is 0.317 e. The van der Waals surface area contributed by atoms with Crippen molar-refractivity contribution in [3.05, 3.63) is 0 Å². The predicted octanol–water partition coefficient (Wildman–Crippen LogP) is -0.379. The molecule has 1 atom stereocenters. The van der Waals surface area contributed by atoms with Crippen LogP contribution in [0.25, 0.3) is 0 Å². The maximum atomic E-state index is 10.9. The van der Waals surface area contributed by atoms with E-state index in [0.717, 1.165) is 12.8 Å². The third-order valence-electron chi connectivity index (χ3n) is 1.57. The summed E-state index contributed by atoms with van der Waals surface area (Å²) in [7, 11) is 0. The number of rotatable bonds is 3. The van der Waals surface area contributed by atoms with E-state index in [9.17, 15) is 9.59 Å². The zero-order valence-electron chi connectivity index (χ0n) is 6.71. The van der Waals surface area contributed by atoms with E-state index in [1.54, 1.807) is 0 Å². The van der Waals surface area contributed by atoms with Gasteiger partial charge in [-0.15, -0.1) is 0 Å². The van der Waals surface area contributed by atoms with Crippen LogP contribution in [-0.2, 0) is 9.53 Å². The van der Waals surface area contributed by atoms with Crippen molar-refractivity contribution >= 4 is 12.3 Å². The molecule has 1 rings (SSSR count). The number of nitrogens with one attached hydrogen (secondary N) is 2. The van der Waals surface area contributed by atoms with Crippen molar-refractivity contribution in [3.8, 4) is 0 Å². The monoisotopic (exact) mass is 172 g/mol. The summed E-state index contributed by atoms with van der Waals surface area (Å²) < 4.78 is 5.14. The Bertz CT molecular complexity index is 166. The molecule has 0 aromatic carbocycles. The molecular formula is C7H12N2O3. The molecule has 1 saturated heterocycles. The molecule has 0 aromatic rings. The van der Waals surface area contributed by atoms with E-state index in [1.165, 1.54) is 0 Å². The van der Waals surface area contributed by atoms with E-state index < -0.39 is 0 Å². The molecule has 0 saturated carbocycles. The first-order valence-electron chi connectivity index (χ1n) is 3.92. The summed E-state index contributed by atoms with van der Waals surface area (Å²) in [6.07, 6.45) is 2.26. The second-order valence-corrected chi connectivity index (χ2v) is 2.52. The molecule has 0 bridgehead atoms. The van der Waals surface area contributed by atoms with Gasteiger partial charge in [0.25, 0.3) is 0 Å². The first-order chi connectivity index (χ1) is 5.83.